The van der Waals surface area contributed by atoms with Gasteiger partial charge in [0.05, 0.1) is 6.61 Å². The molecule has 0 aromatic heterocycles. The molecule has 1 N–H and O–H groups in total. The second kappa shape index (κ2) is 4.71. The third kappa shape index (κ3) is 3.60. The maximum atomic E-state index is 11.9. The van der Waals surface area contributed by atoms with E-state index >= 15 is 0 Å². The molecule has 0 aromatic carbocycles. The molecule has 0 saturated carbocycles. The number of carbonyl (C=O) groups is 1. The zero-order valence-electron chi connectivity index (χ0n) is 6.56. The number of aliphatic hydroxyl groups is 1. The van der Waals surface area contributed by atoms with Crippen molar-refractivity contribution in [1.82, 2.24) is 0 Å². The number of esters is 1. The molecule has 0 bridgehead atoms. The van der Waals surface area contributed by atoms with Crippen LogP contribution in [0.1, 0.15) is 20.3 Å². The minimum absolute atomic E-state index is 0.240. The Morgan fingerprint density at radius 3 is 2.55 bits per heavy atom. The summed E-state index contributed by atoms with van der Waals surface area (Å²) in [5, 5.41) is 8.20. The van der Waals surface area contributed by atoms with Crippen LogP contribution in [0.4, 0.5) is 4.39 Å². The van der Waals surface area contributed by atoms with Crippen LogP contribution in [0.15, 0.2) is 11.6 Å². The van der Waals surface area contributed by atoms with Gasteiger partial charge in [-0.05, 0) is 13.3 Å². The van der Waals surface area contributed by atoms with Gasteiger partial charge in [-0.1, -0.05) is 6.92 Å². The highest BCUT2D eigenvalue weighted by atomic mass is 19.1. The zero-order chi connectivity index (χ0) is 8.85. The van der Waals surface area contributed by atoms with Crippen LogP contribution in [-0.4, -0.2) is 17.7 Å². The van der Waals surface area contributed by atoms with Crippen molar-refractivity contribution in [3.05, 3.63) is 11.6 Å². The van der Waals surface area contributed by atoms with Crippen LogP contribution < -0.4 is 0 Å². The van der Waals surface area contributed by atoms with Gasteiger partial charge >= 0.3 is 5.97 Å². The van der Waals surface area contributed by atoms with Crippen LogP contribution >= 0.6 is 0 Å². The van der Waals surface area contributed by atoms with Gasteiger partial charge in [0.15, 0.2) is 0 Å². The van der Waals surface area contributed by atoms with Crippen molar-refractivity contribution in [2.24, 2.45) is 0 Å². The number of hydrogen-bond acceptors (Lipinski definition) is 3. The lowest BCUT2D eigenvalue weighted by Crippen LogP contribution is -2.07. The largest absolute Gasteiger partial charge is 0.486 e. The van der Waals surface area contributed by atoms with Gasteiger partial charge in [-0.2, -0.15) is 4.39 Å². The first-order valence-electron chi connectivity index (χ1n) is 3.32. The molecule has 4 heteroatoms. The van der Waals surface area contributed by atoms with Gasteiger partial charge in [-0.15, -0.1) is 0 Å². The summed E-state index contributed by atoms with van der Waals surface area (Å²) < 4.78 is 16.4. The number of carbonyl (C=O) groups excluding carboxylic acids is 1. The van der Waals surface area contributed by atoms with E-state index in [-0.39, 0.29) is 6.61 Å². The quantitative estimate of drug-likeness (QED) is 0.390. The summed E-state index contributed by atoms with van der Waals surface area (Å²) in [6, 6.07) is -1.48. The van der Waals surface area contributed by atoms with E-state index < -0.39 is 17.6 Å². The Morgan fingerprint density at radius 1 is 1.64 bits per heavy atom. The van der Waals surface area contributed by atoms with Gasteiger partial charge in [-0.3, -0.25) is 0 Å². The second-order valence-corrected chi connectivity index (χ2v) is 2.05. The number of hydrogen-bond donors (Lipinski definition) is 1. The van der Waals surface area contributed by atoms with Gasteiger partial charge in [0.1, 0.15) is 5.57 Å². The highest BCUT2D eigenvalue weighted by molar-refractivity contribution is 5.87. The molecule has 0 amide bonds. The summed E-state index contributed by atoms with van der Waals surface area (Å²) in [5.41, 5.74) is -0.390. The van der Waals surface area contributed by atoms with Gasteiger partial charge < -0.3 is 9.84 Å². The fourth-order valence-electron chi connectivity index (χ4n) is 0.387. The smallest absolute Gasteiger partial charge is 0.340 e. The average molecular weight is 162 g/mol. The van der Waals surface area contributed by atoms with Gasteiger partial charge in [-0.25, -0.2) is 4.79 Å². The van der Waals surface area contributed by atoms with Crippen molar-refractivity contribution in [3.8, 4) is 0 Å². The predicted molar refractivity (Wildman–Crippen MR) is 37.7 cm³/mol. The van der Waals surface area contributed by atoms with E-state index in [9.17, 15) is 9.18 Å². The molecule has 3 nitrogen and oxygen atoms in total. The third-order valence-electron chi connectivity index (χ3n) is 1.05. The van der Waals surface area contributed by atoms with Gasteiger partial charge in [0, 0.05) is 0 Å². The maximum Gasteiger partial charge on any atom is 0.340 e. The second-order valence-electron chi connectivity index (χ2n) is 2.05. The first kappa shape index (κ1) is 9.94. The lowest BCUT2D eigenvalue weighted by Gasteiger charge is -2.01. The molecule has 0 aromatic rings. The summed E-state index contributed by atoms with van der Waals surface area (Å²) >= 11 is 0. The Bertz CT molecular complexity index is 171. The summed E-state index contributed by atoms with van der Waals surface area (Å²) in [6.45, 7) is 3.22. The van der Waals surface area contributed by atoms with Crippen LogP contribution in [0.3, 0.4) is 0 Å². The minimum Gasteiger partial charge on any atom is -0.486 e. The van der Waals surface area contributed by atoms with Crippen LogP contribution in [0.25, 0.3) is 0 Å². The Balaban J connectivity index is 3.95. The fourth-order valence-corrected chi connectivity index (χ4v) is 0.387. The summed E-state index contributed by atoms with van der Waals surface area (Å²) in [4.78, 5) is 10.7. The molecule has 0 rings (SSSR count). The van der Waals surface area contributed by atoms with E-state index in [0.717, 1.165) is 6.92 Å². The molecule has 0 aliphatic carbocycles. The van der Waals surface area contributed by atoms with E-state index in [0.29, 0.717) is 6.42 Å². The molecule has 0 aliphatic heterocycles. The number of ether oxygens (including phenoxy) is 1. The van der Waals surface area contributed by atoms with Crippen molar-refractivity contribution < 1.29 is 19.0 Å². The Hall–Kier alpha value is -1.06. The Morgan fingerprint density at radius 2 is 2.18 bits per heavy atom. The summed E-state index contributed by atoms with van der Waals surface area (Å²) in [7, 11) is 0. The molecule has 0 heterocycles. The molecule has 0 unspecified atom stereocenters. The molecule has 0 radical (unpaired) electrons. The van der Waals surface area contributed by atoms with Crippen LogP contribution in [0.2, 0.25) is 0 Å². The molecule has 0 spiro atoms. The van der Waals surface area contributed by atoms with Crippen molar-refractivity contribution >= 4 is 5.97 Å². The Labute approximate surface area is 64.5 Å². The first-order chi connectivity index (χ1) is 5.09. The van der Waals surface area contributed by atoms with Crippen molar-refractivity contribution in [2.75, 3.05) is 6.61 Å². The zero-order valence-corrected chi connectivity index (χ0v) is 6.56. The van der Waals surface area contributed by atoms with Crippen molar-refractivity contribution in [2.45, 2.75) is 20.3 Å². The van der Waals surface area contributed by atoms with Crippen LogP contribution in [0, 0.1) is 0 Å². The lowest BCUT2D eigenvalue weighted by molar-refractivity contribution is -0.139. The molecular formula is C7H11FO3. The molecule has 0 atom stereocenters. The normalized spacial score (nSPS) is 12.3. The van der Waals surface area contributed by atoms with E-state index in [2.05, 4.69) is 4.74 Å². The fraction of sp³-hybridized carbons (Fsp3) is 0.571. The third-order valence-corrected chi connectivity index (χ3v) is 1.05. The van der Waals surface area contributed by atoms with Crippen molar-refractivity contribution in [1.29, 1.82) is 0 Å². The van der Waals surface area contributed by atoms with Gasteiger partial charge in [0.2, 0.25) is 0 Å². The Kier molecular flexibility index (Phi) is 4.26. The highest BCUT2D eigenvalue weighted by Crippen LogP contribution is 2.03. The number of rotatable bonds is 3. The topological polar surface area (TPSA) is 46.5 Å². The van der Waals surface area contributed by atoms with E-state index in [1.165, 1.54) is 0 Å². The van der Waals surface area contributed by atoms with Crippen LogP contribution in [0.5, 0.6) is 0 Å². The number of halogens is 1. The standard InChI is InChI=1S/C7H11FO3/c1-3-4-11-7(10)5(2)6(8)9/h9H,3-4H2,1-2H3. The molecule has 11 heavy (non-hydrogen) atoms. The SMILES string of the molecule is CCCOC(=O)C(C)=C(O)F. The molecule has 0 fully saturated rings. The van der Waals surface area contributed by atoms with Crippen molar-refractivity contribution in [3.63, 3.8) is 0 Å². The van der Waals surface area contributed by atoms with E-state index in [1.807, 2.05) is 6.92 Å². The monoisotopic (exact) mass is 162 g/mol. The van der Waals surface area contributed by atoms with E-state index in [4.69, 9.17) is 5.11 Å². The lowest BCUT2D eigenvalue weighted by atomic mass is 10.3. The number of aliphatic hydroxyl groups excluding tert-OH is 1. The first-order valence-corrected chi connectivity index (χ1v) is 3.32. The average Bonchev–Trinajstić information content (AvgIpc) is 1.98. The highest BCUT2D eigenvalue weighted by Gasteiger charge is 2.10. The summed E-state index contributed by atoms with van der Waals surface area (Å²) in [5.74, 6) is -0.813. The molecule has 0 saturated heterocycles. The molecular weight excluding hydrogens is 151 g/mol. The predicted octanol–water partition coefficient (Wildman–Crippen LogP) is 1.70. The van der Waals surface area contributed by atoms with Crippen LogP contribution in [-0.2, 0) is 9.53 Å². The molecule has 64 valence electrons. The molecule has 0 aliphatic rings. The van der Waals surface area contributed by atoms with E-state index in [1.54, 1.807) is 0 Å². The maximum absolute atomic E-state index is 11.9. The van der Waals surface area contributed by atoms with Gasteiger partial charge in [0.25, 0.3) is 6.01 Å². The minimum atomic E-state index is -1.48. The summed E-state index contributed by atoms with van der Waals surface area (Å²) in [6.07, 6.45) is 0.673.